The normalized spacial score (nSPS) is 18.1. The third-order valence-electron chi connectivity index (χ3n) is 5.73. The van der Waals surface area contributed by atoms with E-state index in [0.29, 0.717) is 6.54 Å². The van der Waals surface area contributed by atoms with Crippen molar-refractivity contribution in [1.82, 2.24) is 14.6 Å². The molecule has 0 saturated heterocycles. The summed E-state index contributed by atoms with van der Waals surface area (Å²) in [5.74, 6) is 0.00174. The second-order valence-electron chi connectivity index (χ2n) is 8.50. The Bertz CT molecular complexity index is 1210. The van der Waals surface area contributed by atoms with Gasteiger partial charge in [0.05, 0.1) is 4.90 Å². The second-order valence-corrected chi connectivity index (χ2v) is 10.3. The molecule has 3 aromatic rings. The molecule has 1 aromatic heterocycles. The lowest BCUT2D eigenvalue weighted by atomic mass is 10.1. The lowest BCUT2D eigenvalue weighted by Crippen LogP contribution is -2.27. The maximum atomic E-state index is 12.7. The molecule has 4 rings (SSSR count). The molecule has 2 aromatic carbocycles. The average molecular weight is 453 g/mol. The minimum absolute atomic E-state index is 0.0114. The largest absolute Gasteiger partial charge is 0.326 e. The number of fused-ring (bicyclic) bond motifs is 1. The van der Waals surface area contributed by atoms with Gasteiger partial charge >= 0.3 is 0 Å². The zero-order valence-corrected chi connectivity index (χ0v) is 19.1. The number of amides is 1. The molecule has 168 valence electrons. The van der Waals surface area contributed by atoms with Crippen LogP contribution in [0.1, 0.15) is 24.3 Å². The van der Waals surface area contributed by atoms with Crippen LogP contribution in [0.3, 0.4) is 0 Å². The van der Waals surface area contributed by atoms with Crippen molar-refractivity contribution in [3.63, 3.8) is 0 Å². The molecule has 1 fully saturated rings. The molecule has 1 heterocycles. The van der Waals surface area contributed by atoms with Gasteiger partial charge in [0.1, 0.15) is 0 Å². The average Bonchev–Trinajstić information content (AvgIpc) is 3.58. The van der Waals surface area contributed by atoms with E-state index < -0.39 is 10.0 Å². The minimum Gasteiger partial charge on any atom is -0.326 e. The highest BCUT2D eigenvalue weighted by atomic mass is 32.2. The van der Waals surface area contributed by atoms with Crippen LogP contribution < -0.4 is 10.0 Å². The first kappa shape index (κ1) is 22.4. The Hall–Kier alpha value is -2.81. The molecule has 2 atom stereocenters. The first-order valence-electron chi connectivity index (χ1n) is 10.7. The number of benzene rings is 2. The van der Waals surface area contributed by atoms with Gasteiger partial charge in [0.2, 0.25) is 15.9 Å². The summed E-state index contributed by atoms with van der Waals surface area (Å²) < 4.78 is 27.5. The van der Waals surface area contributed by atoms with E-state index in [1.807, 2.05) is 55.4 Å². The number of anilines is 1. The molecule has 1 amide bonds. The zero-order chi connectivity index (χ0) is 22.7. The molecule has 0 spiro atoms. The number of pyridine rings is 1. The summed E-state index contributed by atoms with van der Waals surface area (Å²) in [7, 11) is 0.392. The Morgan fingerprint density at radius 2 is 1.88 bits per heavy atom. The summed E-state index contributed by atoms with van der Waals surface area (Å²) in [5.41, 5.74) is 1.75. The SMILES string of the molecule is CN(C)CCCNS(=O)(=O)c1ccc([C@@H]2C[C@H]2C(=O)Nc2ccc3cnccc3c2)cc1. The molecule has 1 aliphatic rings. The van der Waals surface area contributed by atoms with Crippen molar-refractivity contribution in [3.8, 4) is 0 Å². The molecular formula is C24H28N4O3S. The number of hydrogen-bond donors (Lipinski definition) is 2. The van der Waals surface area contributed by atoms with Crippen molar-refractivity contribution in [2.45, 2.75) is 23.7 Å². The first-order chi connectivity index (χ1) is 15.3. The van der Waals surface area contributed by atoms with Crippen LogP contribution in [-0.2, 0) is 14.8 Å². The lowest BCUT2D eigenvalue weighted by Gasteiger charge is -2.11. The van der Waals surface area contributed by atoms with Crippen molar-refractivity contribution in [1.29, 1.82) is 0 Å². The van der Waals surface area contributed by atoms with E-state index in [0.717, 1.165) is 41.4 Å². The Labute approximate surface area is 188 Å². The van der Waals surface area contributed by atoms with Gasteiger partial charge in [-0.3, -0.25) is 9.78 Å². The number of rotatable bonds is 9. The van der Waals surface area contributed by atoms with Crippen molar-refractivity contribution in [2.75, 3.05) is 32.5 Å². The quantitative estimate of drug-likeness (QED) is 0.487. The van der Waals surface area contributed by atoms with Gasteiger partial charge < -0.3 is 10.2 Å². The number of nitrogens with zero attached hydrogens (tertiary/aromatic N) is 2. The highest BCUT2D eigenvalue weighted by Gasteiger charge is 2.44. The van der Waals surface area contributed by atoms with Gasteiger partial charge in [-0.05, 0) is 80.7 Å². The number of aromatic nitrogens is 1. The molecule has 0 unspecified atom stereocenters. The summed E-state index contributed by atoms with van der Waals surface area (Å²) in [5, 5.41) is 5.05. The fraction of sp³-hybridized carbons (Fsp3) is 0.333. The van der Waals surface area contributed by atoms with Crippen LogP contribution in [0.2, 0.25) is 0 Å². The Kier molecular flexibility index (Phi) is 6.55. The fourth-order valence-corrected chi connectivity index (χ4v) is 4.90. The van der Waals surface area contributed by atoms with Gasteiger partial charge in [0, 0.05) is 35.9 Å². The Morgan fingerprint density at radius 3 is 2.62 bits per heavy atom. The molecule has 8 heteroatoms. The third kappa shape index (κ3) is 5.32. The molecule has 1 saturated carbocycles. The summed E-state index contributed by atoms with van der Waals surface area (Å²) in [6.45, 7) is 1.22. The van der Waals surface area contributed by atoms with Gasteiger partial charge in [0.25, 0.3) is 0 Å². The van der Waals surface area contributed by atoms with Gasteiger partial charge in [-0.25, -0.2) is 13.1 Å². The molecule has 0 bridgehead atoms. The van der Waals surface area contributed by atoms with Crippen LogP contribution in [0.5, 0.6) is 0 Å². The summed E-state index contributed by atoms with van der Waals surface area (Å²) >= 11 is 0. The summed E-state index contributed by atoms with van der Waals surface area (Å²) in [4.78, 5) is 19.0. The van der Waals surface area contributed by atoms with Crippen molar-refractivity contribution < 1.29 is 13.2 Å². The lowest BCUT2D eigenvalue weighted by molar-refractivity contribution is -0.117. The van der Waals surface area contributed by atoms with E-state index >= 15 is 0 Å². The van der Waals surface area contributed by atoms with E-state index in [1.165, 1.54) is 0 Å². The molecule has 0 radical (unpaired) electrons. The third-order valence-corrected chi connectivity index (χ3v) is 7.20. The minimum atomic E-state index is -3.52. The molecule has 2 N–H and O–H groups in total. The highest BCUT2D eigenvalue weighted by molar-refractivity contribution is 7.89. The molecule has 1 aliphatic carbocycles. The number of carbonyl (C=O) groups is 1. The first-order valence-corrected chi connectivity index (χ1v) is 12.2. The number of sulfonamides is 1. The molecule has 0 aliphatic heterocycles. The van der Waals surface area contributed by atoms with Gasteiger partial charge in [0.15, 0.2) is 0 Å². The van der Waals surface area contributed by atoms with Crippen LogP contribution >= 0.6 is 0 Å². The zero-order valence-electron chi connectivity index (χ0n) is 18.3. The molecular weight excluding hydrogens is 424 g/mol. The fourth-order valence-electron chi connectivity index (χ4n) is 3.83. The standard InChI is InChI=1S/C24H28N4O3S/c1-28(2)13-3-11-26-32(30,31)21-8-5-17(6-9-21)22-15-23(22)24(29)27-20-7-4-19-16-25-12-10-18(19)14-20/h4-10,12,14,16,22-23,26H,3,11,13,15H2,1-2H3,(H,27,29)/t22-,23+/m0/s1. The predicted octanol–water partition coefficient (Wildman–Crippen LogP) is 3.21. The van der Waals surface area contributed by atoms with Crippen molar-refractivity contribution >= 4 is 32.4 Å². The molecule has 7 nitrogen and oxygen atoms in total. The maximum Gasteiger partial charge on any atom is 0.240 e. The second kappa shape index (κ2) is 9.36. The topological polar surface area (TPSA) is 91.4 Å². The van der Waals surface area contributed by atoms with Crippen LogP contribution in [0.25, 0.3) is 10.8 Å². The van der Waals surface area contributed by atoms with E-state index in [1.54, 1.807) is 24.5 Å². The number of nitrogens with one attached hydrogen (secondary N) is 2. The van der Waals surface area contributed by atoms with Crippen LogP contribution in [0.15, 0.2) is 65.8 Å². The van der Waals surface area contributed by atoms with E-state index in [9.17, 15) is 13.2 Å². The van der Waals surface area contributed by atoms with E-state index in [2.05, 4.69) is 15.0 Å². The van der Waals surface area contributed by atoms with Crippen LogP contribution in [0.4, 0.5) is 5.69 Å². The van der Waals surface area contributed by atoms with Gasteiger partial charge in [-0.15, -0.1) is 0 Å². The Balaban J connectivity index is 1.33. The van der Waals surface area contributed by atoms with Crippen LogP contribution in [0, 0.1) is 5.92 Å². The number of hydrogen-bond acceptors (Lipinski definition) is 5. The Morgan fingerprint density at radius 1 is 1.09 bits per heavy atom. The summed E-state index contributed by atoms with van der Waals surface area (Å²) in [6, 6.07) is 14.5. The van der Waals surface area contributed by atoms with Crippen molar-refractivity contribution in [3.05, 3.63) is 66.5 Å². The van der Waals surface area contributed by atoms with Gasteiger partial charge in [-0.2, -0.15) is 0 Å². The van der Waals surface area contributed by atoms with E-state index in [-0.39, 0.29) is 22.6 Å². The monoisotopic (exact) mass is 452 g/mol. The maximum absolute atomic E-state index is 12.7. The van der Waals surface area contributed by atoms with Crippen molar-refractivity contribution in [2.24, 2.45) is 5.92 Å². The summed E-state index contributed by atoms with van der Waals surface area (Å²) in [6.07, 6.45) is 5.03. The van der Waals surface area contributed by atoms with Crippen LogP contribution in [-0.4, -0.2) is 51.4 Å². The smallest absolute Gasteiger partial charge is 0.240 e. The molecule has 32 heavy (non-hydrogen) atoms. The predicted molar refractivity (Wildman–Crippen MR) is 126 cm³/mol. The van der Waals surface area contributed by atoms with Gasteiger partial charge in [-0.1, -0.05) is 18.2 Å². The number of carbonyl (C=O) groups excluding carboxylic acids is 1. The van der Waals surface area contributed by atoms with E-state index in [4.69, 9.17) is 0 Å². The highest BCUT2D eigenvalue weighted by Crippen LogP contribution is 2.48.